The van der Waals surface area contributed by atoms with Gasteiger partial charge in [0.2, 0.25) is 0 Å². The van der Waals surface area contributed by atoms with Crippen LogP contribution in [0.4, 0.5) is 14.6 Å². The number of rotatable bonds is 3. The van der Waals surface area contributed by atoms with Gasteiger partial charge in [0, 0.05) is 18.3 Å². The number of nitrogens with two attached hydrogens (primary N) is 1. The Kier molecular flexibility index (Phi) is 3.84. The van der Waals surface area contributed by atoms with Crippen molar-refractivity contribution in [3.05, 3.63) is 59.4 Å². The normalized spacial score (nSPS) is 17.4. The molecule has 4 rings (SSSR count). The largest absolute Gasteiger partial charge is 0.389 e. The Bertz CT molecular complexity index is 971. The van der Waals surface area contributed by atoms with Crippen LogP contribution in [0.25, 0.3) is 5.65 Å². The predicted octanol–water partition coefficient (Wildman–Crippen LogP) is 2.98. The van der Waals surface area contributed by atoms with Gasteiger partial charge in [-0.1, -0.05) is 12.2 Å². The zero-order valence-electron chi connectivity index (χ0n) is 13.2. The van der Waals surface area contributed by atoms with Crippen molar-refractivity contribution in [2.75, 3.05) is 11.4 Å². The summed E-state index contributed by atoms with van der Waals surface area (Å²) in [5, 5.41) is 4.17. The average molecular weight is 359 g/mol. The molecule has 5 nitrogen and oxygen atoms in total. The molecule has 2 aromatic heterocycles. The van der Waals surface area contributed by atoms with E-state index in [4.69, 9.17) is 18.0 Å². The highest BCUT2D eigenvalue weighted by atomic mass is 32.1. The standard InChI is InChI=1S/C17H15F2N5S/c18-10-3-4-13(19)11(8-10)14-2-1-6-23(14)15-5-7-24-17(22-15)12(9-21-24)16(20)25/h3-5,7-9,14H,1-2,6H2,(H2,20,25)/t14-/m1/s1. The summed E-state index contributed by atoms with van der Waals surface area (Å²) in [5.41, 5.74) is 7.20. The lowest BCUT2D eigenvalue weighted by molar-refractivity contribution is 0.560. The van der Waals surface area contributed by atoms with E-state index in [1.54, 1.807) is 23.0 Å². The fourth-order valence-corrected chi connectivity index (χ4v) is 3.47. The Morgan fingerprint density at radius 1 is 1.28 bits per heavy atom. The fourth-order valence-electron chi connectivity index (χ4n) is 3.33. The summed E-state index contributed by atoms with van der Waals surface area (Å²) in [6, 6.07) is 5.10. The molecule has 0 bridgehead atoms. The Morgan fingerprint density at radius 2 is 2.12 bits per heavy atom. The zero-order valence-corrected chi connectivity index (χ0v) is 14.0. The maximum atomic E-state index is 14.2. The minimum atomic E-state index is -0.446. The maximum absolute atomic E-state index is 14.2. The molecule has 8 heteroatoms. The molecule has 0 unspecified atom stereocenters. The van der Waals surface area contributed by atoms with Gasteiger partial charge in [0.1, 0.15) is 22.4 Å². The maximum Gasteiger partial charge on any atom is 0.167 e. The van der Waals surface area contributed by atoms with Crippen LogP contribution in [-0.4, -0.2) is 26.1 Å². The molecule has 3 heterocycles. The smallest absolute Gasteiger partial charge is 0.167 e. The number of halogens is 2. The quantitative estimate of drug-likeness (QED) is 0.729. The molecule has 25 heavy (non-hydrogen) atoms. The number of anilines is 1. The summed E-state index contributed by atoms with van der Waals surface area (Å²) >= 11 is 5.03. The van der Waals surface area contributed by atoms with Crippen LogP contribution in [-0.2, 0) is 0 Å². The second kappa shape index (κ2) is 6.03. The zero-order chi connectivity index (χ0) is 17.6. The molecule has 0 saturated carbocycles. The van der Waals surface area contributed by atoms with Crippen LogP contribution >= 0.6 is 12.2 Å². The van der Waals surface area contributed by atoms with E-state index in [1.165, 1.54) is 12.1 Å². The van der Waals surface area contributed by atoms with Gasteiger partial charge < -0.3 is 10.6 Å². The lowest BCUT2D eigenvalue weighted by Crippen LogP contribution is -2.24. The van der Waals surface area contributed by atoms with Crippen LogP contribution in [0.15, 0.2) is 36.7 Å². The fraction of sp³-hybridized carbons (Fsp3) is 0.235. The first-order valence-corrected chi connectivity index (χ1v) is 8.31. The first-order valence-electron chi connectivity index (χ1n) is 7.90. The van der Waals surface area contributed by atoms with Gasteiger partial charge in [0.25, 0.3) is 0 Å². The predicted molar refractivity (Wildman–Crippen MR) is 94.6 cm³/mol. The van der Waals surface area contributed by atoms with Crippen molar-refractivity contribution in [1.82, 2.24) is 14.6 Å². The van der Waals surface area contributed by atoms with Crippen molar-refractivity contribution < 1.29 is 8.78 Å². The molecule has 1 aromatic carbocycles. The van der Waals surface area contributed by atoms with E-state index in [0.29, 0.717) is 29.1 Å². The van der Waals surface area contributed by atoms with Crippen LogP contribution in [0.5, 0.6) is 0 Å². The van der Waals surface area contributed by atoms with Crippen molar-refractivity contribution in [3.63, 3.8) is 0 Å². The summed E-state index contributed by atoms with van der Waals surface area (Å²) in [4.78, 5) is 6.81. The van der Waals surface area contributed by atoms with Gasteiger partial charge in [0.05, 0.1) is 17.8 Å². The number of hydrogen-bond donors (Lipinski definition) is 1. The number of hydrogen-bond acceptors (Lipinski definition) is 4. The molecule has 1 aliphatic rings. The van der Waals surface area contributed by atoms with E-state index < -0.39 is 11.6 Å². The number of thiocarbonyl (C=S) groups is 1. The van der Waals surface area contributed by atoms with Crippen LogP contribution < -0.4 is 10.6 Å². The van der Waals surface area contributed by atoms with E-state index >= 15 is 0 Å². The molecular formula is C17H15F2N5S. The van der Waals surface area contributed by atoms with Gasteiger partial charge in [-0.2, -0.15) is 5.10 Å². The van der Waals surface area contributed by atoms with E-state index in [1.807, 2.05) is 4.90 Å². The number of benzene rings is 1. The van der Waals surface area contributed by atoms with Crippen LogP contribution in [0.1, 0.15) is 30.0 Å². The summed E-state index contributed by atoms with van der Waals surface area (Å²) in [5.74, 6) is -0.192. The molecule has 3 aromatic rings. The van der Waals surface area contributed by atoms with Crippen molar-refractivity contribution in [2.45, 2.75) is 18.9 Å². The first kappa shape index (κ1) is 15.9. The summed E-state index contributed by atoms with van der Waals surface area (Å²) < 4.78 is 29.4. The molecule has 0 spiro atoms. The topological polar surface area (TPSA) is 59.4 Å². The minimum Gasteiger partial charge on any atom is -0.389 e. The first-order chi connectivity index (χ1) is 12.0. The Balaban J connectivity index is 1.77. The SMILES string of the molecule is NC(=S)c1cnn2ccc(N3CCC[C@@H]3c3cc(F)ccc3F)nc12. The van der Waals surface area contributed by atoms with Gasteiger partial charge in [-0.25, -0.2) is 18.3 Å². The lowest BCUT2D eigenvalue weighted by Gasteiger charge is -2.26. The molecule has 1 atom stereocenters. The number of fused-ring (bicyclic) bond motifs is 1. The van der Waals surface area contributed by atoms with E-state index in [9.17, 15) is 8.78 Å². The van der Waals surface area contributed by atoms with Crippen LogP contribution in [0.3, 0.4) is 0 Å². The third-order valence-electron chi connectivity index (χ3n) is 4.48. The highest BCUT2D eigenvalue weighted by Crippen LogP contribution is 2.36. The van der Waals surface area contributed by atoms with E-state index in [2.05, 4.69) is 10.1 Å². The molecule has 2 N–H and O–H groups in total. The second-order valence-corrected chi connectivity index (χ2v) is 6.43. The highest BCUT2D eigenvalue weighted by molar-refractivity contribution is 7.80. The average Bonchev–Trinajstić information content (AvgIpc) is 3.22. The molecule has 0 amide bonds. The monoisotopic (exact) mass is 359 g/mol. The van der Waals surface area contributed by atoms with Crippen LogP contribution in [0, 0.1) is 11.6 Å². The van der Waals surface area contributed by atoms with Crippen LogP contribution in [0.2, 0.25) is 0 Å². The highest BCUT2D eigenvalue weighted by Gasteiger charge is 2.30. The Hall–Kier alpha value is -2.61. The molecule has 128 valence electrons. The van der Waals surface area contributed by atoms with E-state index in [0.717, 1.165) is 18.9 Å². The second-order valence-electron chi connectivity index (χ2n) is 5.99. The summed E-state index contributed by atoms with van der Waals surface area (Å²) in [6.45, 7) is 0.709. The molecule has 1 saturated heterocycles. The van der Waals surface area contributed by atoms with Crippen molar-refractivity contribution in [2.24, 2.45) is 5.73 Å². The van der Waals surface area contributed by atoms with Gasteiger partial charge in [-0.3, -0.25) is 0 Å². The van der Waals surface area contributed by atoms with Gasteiger partial charge >= 0.3 is 0 Å². The molecule has 1 fully saturated rings. The summed E-state index contributed by atoms with van der Waals surface area (Å²) in [6.07, 6.45) is 4.93. The minimum absolute atomic E-state index is 0.216. The molecule has 1 aliphatic heterocycles. The lowest BCUT2D eigenvalue weighted by atomic mass is 10.0. The van der Waals surface area contributed by atoms with Gasteiger partial charge in [-0.05, 0) is 37.1 Å². The molecule has 0 aliphatic carbocycles. The molecular weight excluding hydrogens is 344 g/mol. The van der Waals surface area contributed by atoms with Crippen molar-refractivity contribution in [3.8, 4) is 0 Å². The third kappa shape index (κ3) is 2.72. The summed E-state index contributed by atoms with van der Waals surface area (Å²) in [7, 11) is 0. The van der Waals surface area contributed by atoms with E-state index in [-0.39, 0.29) is 11.0 Å². The Labute approximate surface area is 148 Å². The number of aromatic nitrogens is 3. The van der Waals surface area contributed by atoms with Crippen molar-refractivity contribution in [1.29, 1.82) is 0 Å². The van der Waals surface area contributed by atoms with Gasteiger partial charge in [-0.15, -0.1) is 0 Å². The Morgan fingerprint density at radius 3 is 2.92 bits per heavy atom. The molecule has 0 radical (unpaired) electrons. The van der Waals surface area contributed by atoms with Crippen molar-refractivity contribution >= 4 is 28.7 Å². The van der Waals surface area contributed by atoms with Gasteiger partial charge in [0.15, 0.2) is 5.65 Å². The number of nitrogens with zero attached hydrogens (tertiary/aromatic N) is 4. The third-order valence-corrected chi connectivity index (χ3v) is 4.70.